The van der Waals surface area contributed by atoms with Gasteiger partial charge in [-0.1, -0.05) is 11.8 Å². The summed E-state index contributed by atoms with van der Waals surface area (Å²) in [5.74, 6) is 5.18. The second kappa shape index (κ2) is 5.89. The van der Waals surface area contributed by atoms with Gasteiger partial charge in [-0.2, -0.15) is 0 Å². The van der Waals surface area contributed by atoms with Crippen molar-refractivity contribution in [3.05, 3.63) is 29.1 Å². The number of aromatic nitrogens is 1. The molecule has 1 rings (SSSR count). The van der Waals surface area contributed by atoms with Gasteiger partial charge in [-0.3, -0.25) is 0 Å². The number of carbonyl (C=O) groups is 1. The van der Waals surface area contributed by atoms with Crippen molar-refractivity contribution < 1.29 is 14.6 Å². The number of carbonyl (C=O) groups excluding carboxylic acids is 1. The Bertz CT molecular complexity index is 443. The van der Waals surface area contributed by atoms with Gasteiger partial charge < -0.3 is 9.84 Å². The third-order valence-corrected chi connectivity index (χ3v) is 1.93. The van der Waals surface area contributed by atoms with Crippen LogP contribution < -0.4 is 0 Å². The molecule has 1 N–H and O–H groups in total. The van der Waals surface area contributed by atoms with Crippen LogP contribution in [0.2, 0.25) is 0 Å². The Morgan fingerprint density at radius 3 is 2.94 bits per heavy atom. The Labute approximate surface area is 94.3 Å². The molecule has 0 saturated heterocycles. The molecule has 4 nitrogen and oxygen atoms in total. The molecule has 0 aromatic carbocycles. The van der Waals surface area contributed by atoms with Crippen molar-refractivity contribution in [1.82, 2.24) is 4.98 Å². The van der Waals surface area contributed by atoms with Gasteiger partial charge in [-0.25, -0.2) is 9.78 Å². The number of nitrogens with zero attached hydrogens (tertiary/aromatic N) is 1. The normalized spacial score (nSPS) is 9.19. The second-order valence-corrected chi connectivity index (χ2v) is 3.16. The zero-order valence-corrected chi connectivity index (χ0v) is 9.28. The molecule has 4 heteroatoms. The van der Waals surface area contributed by atoms with Crippen LogP contribution in [-0.4, -0.2) is 29.8 Å². The van der Waals surface area contributed by atoms with E-state index in [4.69, 9.17) is 5.11 Å². The van der Waals surface area contributed by atoms with E-state index >= 15 is 0 Å². The van der Waals surface area contributed by atoms with Gasteiger partial charge in [0.25, 0.3) is 0 Å². The molecule has 0 aliphatic rings. The second-order valence-electron chi connectivity index (χ2n) is 3.16. The smallest absolute Gasteiger partial charge is 0.356 e. The van der Waals surface area contributed by atoms with Crippen molar-refractivity contribution in [2.24, 2.45) is 0 Å². The van der Waals surface area contributed by atoms with Crippen LogP contribution in [0.5, 0.6) is 0 Å². The first-order chi connectivity index (χ1) is 7.69. The van der Waals surface area contributed by atoms with Crippen LogP contribution in [0.3, 0.4) is 0 Å². The van der Waals surface area contributed by atoms with Crippen molar-refractivity contribution >= 4 is 5.97 Å². The first-order valence-electron chi connectivity index (χ1n) is 4.83. The highest BCUT2D eigenvalue weighted by Gasteiger charge is 2.10. The van der Waals surface area contributed by atoms with Gasteiger partial charge in [0.05, 0.1) is 13.7 Å². The molecule has 16 heavy (non-hydrogen) atoms. The summed E-state index contributed by atoms with van der Waals surface area (Å²) >= 11 is 0. The van der Waals surface area contributed by atoms with Crippen molar-refractivity contribution in [3.63, 3.8) is 0 Å². The van der Waals surface area contributed by atoms with Gasteiger partial charge >= 0.3 is 5.97 Å². The monoisotopic (exact) mass is 219 g/mol. The van der Waals surface area contributed by atoms with E-state index in [2.05, 4.69) is 21.6 Å². The van der Waals surface area contributed by atoms with Gasteiger partial charge in [-0.15, -0.1) is 0 Å². The van der Waals surface area contributed by atoms with Gasteiger partial charge in [-0.05, 0) is 18.6 Å². The molecule has 1 aromatic heterocycles. The maximum atomic E-state index is 11.3. The Kier molecular flexibility index (Phi) is 4.49. The van der Waals surface area contributed by atoms with Crippen LogP contribution in [-0.2, 0) is 4.74 Å². The SMILES string of the molecule is COC(=O)c1ncc(C#CCCO)cc1C. The molecular formula is C12H13NO3. The number of esters is 1. The molecule has 0 unspecified atom stereocenters. The molecule has 0 atom stereocenters. The number of ether oxygens (including phenoxy) is 1. The molecule has 1 aromatic rings. The summed E-state index contributed by atoms with van der Waals surface area (Å²) in [4.78, 5) is 15.2. The number of rotatable bonds is 2. The summed E-state index contributed by atoms with van der Waals surface area (Å²) in [6.07, 6.45) is 1.95. The highest BCUT2D eigenvalue weighted by atomic mass is 16.5. The molecule has 1 heterocycles. The van der Waals surface area contributed by atoms with Crippen LogP contribution in [0.25, 0.3) is 0 Å². The standard InChI is InChI=1S/C12H13NO3/c1-9-7-10(5-3-4-6-14)8-13-11(9)12(15)16-2/h7-8,14H,4,6H2,1-2H3. The van der Waals surface area contributed by atoms with Crippen LogP contribution in [0, 0.1) is 18.8 Å². The number of aryl methyl sites for hydroxylation is 1. The molecule has 0 radical (unpaired) electrons. The van der Waals surface area contributed by atoms with Crippen LogP contribution in [0.4, 0.5) is 0 Å². The van der Waals surface area contributed by atoms with E-state index in [1.54, 1.807) is 13.0 Å². The van der Waals surface area contributed by atoms with E-state index in [1.807, 2.05) is 0 Å². The Morgan fingerprint density at radius 2 is 2.38 bits per heavy atom. The molecule has 0 amide bonds. The molecule has 0 fully saturated rings. The summed E-state index contributed by atoms with van der Waals surface area (Å²) in [7, 11) is 1.32. The van der Waals surface area contributed by atoms with Crippen molar-refractivity contribution in [2.45, 2.75) is 13.3 Å². The Morgan fingerprint density at radius 1 is 1.62 bits per heavy atom. The van der Waals surface area contributed by atoms with E-state index in [0.717, 1.165) is 11.1 Å². The number of aliphatic hydroxyl groups excluding tert-OH is 1. The first-order valence-corrected chi connectivity index (χ1v) is 4.83. The minimum atomic E-state index is -0.452. The van der Waals surface area contributed by atoms with Crippen LogP contribution in [0.15, 0.2) is 12.3 Å². The fourth-order valence-electron chi connectivity index (χ4n) is 1.17. The van der Waals surface area contributed by atoms with E-state index < -0.39 is 5.97 Å². The van der Waals surface area contributed by atoms with E-state index in [9.17, 15) is 4.79 Å². The third-order valence-electron chi connectivity index (χ3n) is 1.93. The lowest BCUT2D eigenvalue weighted by Gasteiger charge is -2.02. The molecular weight excluding hydrogens is 206 g/mol. The maximum absolute atomic E-state index is 11.3. The summed E-state index contributed by atoms with van der Waals surface area (Å²) in [5.41, 5.74) is 1.75. The van der Waals surface area contributed by atoms with Crippen molar-refractivity contribution in [3.8, 4) is 11.8 Å². The lowest BCUT2D eigenvalue weighted by atomic mass is 10.1. The van der Waals surface area contributed by atoms with Crippen molar-refractivity contribution in [2.75, 3.05) is 13.7 Å². The van der Waals surface area contributed by atoms with Gasteiger partial charge in [0.2, 0.25) is 0 Å². The largest absolute Gasteiger partial charge is 0.464 e. The number of methoxy groups -OCH3 is 1. The van der Waals surface area contributed by atoms with Crippen LogP contribution >= 0.6 is 0 Å². The third kappa shape index (κ3) is 3.07. The summed E-state index contributed by atoms with van der Waals surface area (Å²) in [6, 6.07) is 1.77. The topological polar surface area (TPSA) is 59.4 Å². The van der Waals surface area contributed by atoms with Crippen molar-refractivity contribution in [1.29, 1.82) is 0 Å². The van der Waals surface area contributed by atoms with E-state index in [0.29, 0.717) is 12.1 Å². The molecule has 0 bridgehead atoms. The minimum Gasteiger partial charge on any atom is -0.464 e. The molecule has 0 aliphatic heterocycles. The minimum absolute atomic E-state index is 0.0413. The highest BCUT2D eigenvalue weighted by Crippen LogP contribution is 2.08. The zero-order chi connectivity index (χ0) is 12.0. The number of hydrogen-bond acceptors (Lipinski definition) is 4. The quantitative estimate of drug-likeness (QED) is 0.593. The fourth-order valence-corrected chi connectivity index (χ4v) is 1.17. The lowest BCUT2D eigenvalue weighted by Crippen LogP contribution is -2.06. The molecule has 0 spiro atoms. The Balaban J connectivity index is 2.92. The summed E-state index contributed by atoms with van der Waals surface area (Å²) in [5, 5.41) is 8.57. The van der Waals surface area contributed by atoms with E-state index in [-0.39, 0.29) is 6.61 Å². The van der Waals surface area contributed by atoms with Crippen LogP contribution in [0.1, 0.15) is 28.0 Å². The predicted molar refractivity (Wildman–Crippen MR) is 58.9 cm³/mol. The van der Waals surface area contributed by atoms with Gasteiger partial charge in [0.1, 0.15) is 0 Å². The lowest BCUT2D eigenvalue weighted by molar-refractivity contribution is 0.0593. The summed E-state index contributed by atoms with van der Waals surface area (Å²) < 4.78 is 4.58. The molecule has 84 valence electrons. The Hall–Kier alpha value is -1.86. The first kappa shape index (κ1) is 12.2. The number of pyridine rings is 1. The average molecular weight is 219 g/mol. The van der Waals surface area contributed by atoms with E-state index in [1.165, 1.54) is 13.3 Å². The molecule has 0 aliphatic carbocycles. The number of aliphatic hydroxyl groups is 1. The van der Waals surface area contributed by atoms with Gasteiger partial charge in [0, 0.05) is 18.2 Å². The zero-order valence-electron chi connectivity index (χ0n) is 9.28. The highest BCUT2D eigenvalue weighted by molar-refractivity contribution is 5.88. The maximum Gasteiger partial charge on any atom is 0.356 e. The molecule has 0 saturated carbocycles. The van der Waals surface area contributed by atoms with Gasteiger partial charge in [0.15, 0.2) is 5.69 Å². The average Bonchev–Trinajstić information content (AvgIpc) is 2.29. The summed E-state index contributed by atoms with van der Waals surface area (Å²) in [6.45, 7) is 1.82. The fraction of sp³-hybridized carbons (Fsp3) is 0.333. The number of hydrogen-bond donors (Lipinski definition) is 1. The predicted octanol–water partition coefficient (Wildman–Crippen LogP) is 0.911.